The molecule has 0 N–H and O–H groups in total. The van der Waals surface area contributed by atoms with Crippen LogP contribution in [0.3, 0.4) is 0 Å². The highest BCUT2D eigenvalue weighted by atomic mass is 16.5. The first kappa shape index (κ1) is 13.4. The number of aromatic nitrogens is 1. The van der Waals surface area contributed by atoms with Gasteiger partial charge in [0.25, 0.3) is 6.01 Å². The lowest BCUT2D eigenvalue weighted by molar-refractivity contribution is 0.204. The summed E-state index contributed by atoms with van der Waals surface area (Å²) in [7, 11) is 1.65. The molecule has 0 aliphatic heterocycles. The van der Waals surface area contributed by atoms with Crippen LogP contribution < -0.4 is 4.90 Å². The molecule has 0 aliphatic carbocycles. The van der Waals surface area contributed by atoms with Gasteiger partial charge in [-0.25, -0.2) is 0 Å². The number of nitrogens with zero attached hydrogens (tertiary/aromatic N) is 3. The molecule has 2 aromatic rings. The van der Waals surface area contributed by atoms with Crippen LogP contribution in [0.1, 0.15) is 12.0 Å². The summed E-state index contributed by atoms with van der Waals surface area (Å²) in [5, 5.41) is 8.70. The summed E-state index contributed by atoms with van der Waals surface area (Å²) in [5.41, 5.74) is 2.75. The van der Waals surface area contributed by atoms with E-state index in [1.807, 2.05) is 30.0 Å². The summed E-state index contributed by atoms with van der Waals surface area (Å²) in [6.07, 6.45) is 0.432. The molecule has 1 heterocycles. The SMILES string of the molecule is COCCN(CCC#N)c1nc2cc(C)ccc2o1. The Hall–Kier alpha value is -2.06. The number of hydrogen-bond donors (Lipinski definition) is 0. The van der Waals surface area contributed by atoms with Gasteiger partial charge >= 0.3 is 0 Å². The zero-order chi connectivity index (χ0) is 13.7. The second-order valence-electron chi connectivity index (χ2n) is 4.36. The number of oxazole rings is 1. The molecule has 0 atom stereocenters. The average Bonchev–Trinajstić information content (AvgIpc) is 2.81. The van der Waals surface area contributed by atoms with Gasteiger partial charge in [-0.1, -0.05) is 6.07 Å². The molecule has 0 amide bonds. The molecule has 0 aliphatic rings. The maximum atomic E-state index is 8.70. The second-order valence-corrected chi connectivity index (χ2v) is 4.36. The van der Waals surface area contributed by atoms with Crippen LogP contribution in [0, 0.1) is 18.3 Å². The molecule has 5 heteroatoms. The van der Waals surface area contributed by atoms with Gasteiger partial charge in [-0.2, -0.15) is 10.2 Å². The number of anilines is 1. The third-order valence-electron chi connectivity index (χ3n) is 2.86. The Morgan fingerprint density at radius 2 is 2.26 bits per heavy atom. The van der Waals surface area contributed by atoms with E-state index >= 15 is 0 Å². The van der Waals surface area contributed by atoms with Crippen LogP contribution in [0.15, 0.2) is 22.6 Å². The Balaban J connectivity index is 2.24. The molecule has 0 saturated heterocycles. The monoisotopic (exact) mass is 259 g/mol. The molecule has 2 rings (SSSR count). The van der Waals surface area contributed by atoms with E-state index in [4.69, 9.17) is 14.4 Å². The van der Waals surface area contributed by atoms with E-state index in [1.165, 1.54) is 0 Å². The van der Waals surface area contributed by atoms with E-state index in [-0.39, 0.29) is 0 Å². The Morgan fingerprint density at radius 1 is 1.42 bits per heavy atom. The molecule has 0 fully saturated rings. The normalized spacial score (nSPS) is 10.6. The molecule has 0 radical (unpaired) electrons. The minimum absolute atomic E-state index is 0.432. The van der Waals surface area contributed by atoms with Crippen molar-refractivity contribution in [2.75, 3.05) is 31.7 Å². The number of nitriles is 1. The molecule has 19 heavy (non-hydrogen) atoms. The molecule has 1 aromatic heterocycles. The summed E-state index contributed by atoms with van der Waals surface area (Å²) >= 11 is 0. The Bertz CT molecular complexity index is 586. The van der Waals surface area contributed by atoms with Crippen LogP contribution in [0.2, 0.25) is 0 Å². The van der Waals surface area contributed by atoms with Gasteiger partial charge in [0.05, 0.1) is 19.1 Å². The van der Waals surface area contributed by atoms with E-state index in [9.17, 15) is 0 Å². The maximum Gasteiger partial charge on any atom is 0.298 e. The van der Waals surface area contributed by atoms with Gasteiger partial charge in [0, 0.05) is 20.2 Å². The third kappa shape index (κ3) is 3.24. The third-order valence-corrected chi connectivity index (χ3v) is 2.86. The van der Waals surface area contributed by atoms with Gasteiger partial charge in [-0.05, 0) is 24.6 Å². The van der Waals surface area contributed by atoms with Crippen molar-refractivity contribution < 1.29 is 9.15 Å². The van der Waals surface area contributed by atoms with Gasteiger partial charge in [0.1, 0.15) is 5.52 Å². The summed E-state index contributed by atoms with van der Waals surface area (Å²) in [6, 6.07) is 8.58. The smallest absolute Gasteiger partial charge is 0.298 e. The largest absolute Gasteiger partial charge is 0.423 e. The summed E-state index contributed by atoms with van der Waals surface area (Å²) in [5.74, 6) is 0. The predicted molar refractivity (Wildman–Crippen MR) is 73.1 cm³/mol. The first-order valence-corrected chi connectivity index (χ1v) is 6.22. The van der Waals surface area contributed by atoms with Crippen molar-refractivity contribution in [1.29, 1.82) is 5.26 Å². The molecule has 0 unspecified atom stereocenters. The number of fused-ring (bicyclic) bond motifs is 1. The molecule has 0 spiro atoms. The van der Waals surface area contributed by atoms with E-state index in [0.717, 1.165) is 16.7 Å². The molecule has 0 saturated carbocycles. The first-order valence-electron chi connectivity index (χ1n) is 6.22. The van der Waals surface area contributed by atoms with Crippen LogP contribution in [-0.4, -0.2) is 31.8 Å². The van der Waals surface area contributed by atoms with Crippen LogP contribution in [-0.2, 0) is 4.74 Å². The predicted octanol–water partition coefficient (Wildman–Crippen LogP) is 2.50. The van der Waals surface area contributed by atoms with Crippen LogP contribution >= 0.6 is 0 Å². The lowest BCUT2D eigenvalue weighted by atomic mass is 10.2. The molecule has 1 aromatic carbocycles. The average molecular weight is 259 g/mol. The fraction of sp³-hybridized carbons (Fsp3) is 0.429. The Morgan fingerprint density at radius 3 is 3.00 bits per heavy atom. The van der Waals surface area contributed by atoms with Crippen molar-refractivity contribution in [3.63, 3.8) is 0 Å². The highest BCUT2D eigenvalue weighted by Gasteiger charge is 2.13. The van der Waals surface area contributed by atoms with Gasteiger partial charge in [-0.3, -0.25) is 0 Å². The molecule has 100 valence electrons. The lowest BCUT2D eigenvalue weighted by Crippen LogP contribution is -2.28. The van der Waals surface area contributed by atoms with Crippen molar-refractivity contribution >= 4 is 17.1 Å². The number of aryl methyl sites for hydroxylation is 1. The molecule has 5 nitrogen and oxygen atoms in total. The first-order chi connectivity index (χ1) is 9.24. The van der Waals surface area contributed by atoms with Gasteiger partial charge in [-0.15, -0.1) is 0 Å². The summed E-state index contributed by atoms with van der Waals surface area (Å²) in [6.45, 7) is 3.84. The fourth-order valence-corrected chi connectivity index (χ4v) is 1.85. The van der Waals surface area contributed by atoms with Crippen molar-refractivity contribution in [1.82, 2.24) is 4.98 Å². The van der Waals surface area contributed by atoms with Gasteiger partial charge < -0.3 is 14.1 Å². The molecular formula is C14H17N3O2. The number of methoxy groups -OCH3 is 1. The van der Waals surface area contributed by atoms with Crippen molar-refractivity contribution in [2.45, 2.75) is 13.3 Å². The maximum absolute atomic E-state index is 8.70. The fourth-order valence-electron chi connectivity index (χ4n) is 1.85. The summed E-state index contributed by atoms with van der Waals surface area (Å²) in [4.78, 5) is 6.41. The zero-order valence-electron chi connectivity index (χ0n) is 11.2. The Labute approximate surface area is 112 Å². The zero-order valence-corrected chi connectivity index (χ0v) is 11.2. The molecule has 0 bridgehead atoms. The van der Waals surface area contributed by atoms with Crippen LogP contribution in [0.4, 0.5) is 6.01 Å². The summed E-state index contributed by atoms with van der Waals surface area (Å²) < 4.78 is 10.8. The van der Waals surface area contributed by atoms with Crippen LogP contribution in [0.25, 0.3) is 11.1 Å². The van der Waals surface area contributed by atoms with Crippen molar-refractivity contribution in [2.24, 2.45) is 0 Å². The number of ether oxygens (including phenoxy) is 1. The van der Waals surface area contributed by atoms with E-state index in [0.29, 0.717) is 32.1 Å². The number of hydrogen-bond acceptors (Lipinski definition) is 5. The van der Waals surface area contributed by atoms with E-state index < -0.39 is 0 Å². The van der Waals surface area contributed by atoms with Crippen molar-refractivity contribution in [3.05, 3.63) is 23.8 Å². The number of rotatable bonds is 6. The molecular weight excluding hydrogens is 242 g/mol. The highest BCUT2D eigenvalue weighted by Crippen LogP contribution is 2.22. The Kier molecular flexibility index (Phi) is 4.37. The van der Waals surface area contributed by atoms with Crippen LogP contribution in [0.5, 0.6) is 0 Å². The minimum Gasteiger partial charge on any atom is -0.423 e. The minimum atomic E-state index is 0.432. The van der Waals surface area contributed by atoms with Crippen molar-refractivity contribution in [3.8, 4) is 6.07 Å². The topological polar surface area (TPSA) is 62.3 Å². The standard InChI is InChI=1S/C14H17N3O2/c1-11-4-5-13-12(10-11)16-14(19-13)17(7-3-6-15)8-9-18-2/h4-5,10H,3,7-9H2,1-2H3. The van der Waals surface area contributed by atoms with E-state index in [2.05, 4.69) is 11.1 Å². The number of benzene rings is 1. The highest BCUT2D eigenvalue weighted by molar-refractivity contribution is 5.75. The lowest BCUT2D eigenvalue weighted by Gasteiger charge is -2.18. The quantitative estimate of drug-likeness (QED) is 0.797. The van der Waals surface area contributed by atoms with E-state index in [1.54, 1.807) is 7.11 Å². The van der Waals surface area contributed by atoms with Gasteiger partial charge in [0.15, 0.2) is 5.58 Å². The van der Waals surface area contributed by atoms with Gasteiger partial charge in [0.2, 0.25) is 0 Å². The second kappa shape index (κ2) is 6.21.